The number of hydrogen-bond acceptors (Lipinski definition) is 3. The van der Waals surface area contributed by atoms with E-state index in [4.69, 9.17) is 5.11 Å². The minimum Gasteiger partial charge on any atom is -0.494 e. The molecule has 1 amide bonds. The van der Waals surface area contributed by atoms with Gasteiger partial charge in [0, 0.05) is 19.2 Å². The third kappa shape index (κ3) is 2.49. The molecule has 0 aliphatic rings. The van der Waals surface area contributed by atoms with E-state index in [2.05, 4.69) is 4.74 Å². The summed E-state index contributed by atoms with van der Waals surface area (Å²) in [5.74, 6) is -5.31. The van der Waals surface area contributed by atoms with E-state index in [1.165, 1.54) is 0 Å². The average Bonchev–Trinajstić information content (AvgIpc) is 2.29. The summed E-state index contributed by atoms with van der Waals surface area (Å²) >= 11 is 0. The minimum atomic E-state index is -1.76. The summed E-state index contributed by atoms with van der Waals surface area (Å²) in [6, 6.07) is 1.42. The predicted molar refractivity (Wildman–Crippen MR) is 54.0 cm³/mol. The maximum absolute atomic E-state index is 13.5. The van der Waals surface area contributed by atoms with Crippen LogP contribution in [0.15, 0.2) is 12.1 Å². The normalized spacial score (nSPS) is 9.88. The van der Waals surface area contributed by atoms with Crippen molar-refractivity contribution in [2.45, 2.75) is 0 Å². The first kappa shape index (κ1) is 12.9. The summed E-state index contributed by atoms with van der Waals surface area (Å²) in [5, 5.41) is 8.44. The van der Waals surface area contributed by atoms with Gasteiger partial charge in [0.15, 0.2) is 17.4 Å². The summed E-state index contributed by atoms with van der Waals surface area (Å²) in [5.41, 5.74) is -0.476. The Morgan fingerprint density at radius 2 is 1.88 bits per heavy atom. The molecule has 1 aromatic rings. The summed E-state index contributed by atoms with van der Waals surface area (Å²) in [4.78, 5) is 22.0. The van der Waals surface area contributed by atoms with Crippen molar-refractivity contribution in [1.29, 1.82) is 0 Å². The average molecular weight is 245 g/mol. The molecule has 0 aromatic heterocycles. The van der Waals surface area contributed by atoms with Crippen molar-refractivity contribution >= 4 is 17.6 Å². The van der Waals surface area contributed by atoms with Crippen LogP contribution >= 0.6 is 0 Å². The van der Waals surface area contributed by atoms with Gasteiger partial charge in [0.1, 0.15) is 0 Å². The molecular weight excluding hydrogens is 236 g/mol. The fraction of sp³-hybridized carbons (Fsp3) is 0.200. The number of carbonyl (C=O) groups excluding carboxylic acids is 1. The number of carbonyl (C=O) groups is 2. The van der Waals surface area contributed by atoms with Crippen molar-refractivity contribution in [2.75, 3.05) is 19.1 Å². The van der Waals surface area contributed by atoms with Crippen molar-refractivity contribution in [1.82, 2.24) is 0 Å². The van der Waals surface area contributed by atoms with E-state index < -0.39 is 29.2 Å². The van der Waals surface area contributed by atoms with Crippen LogP contribution in [0.2, 0.25) is 0 Å². The fourth-order valence-corrected chi connectivity index (χ4v) is 1.18. The van der Waals surface area contributed by atoms with Gasteiger partial charge in [-0.15, -0.1) is 0 Å². The van der Waals surface area contributed by atoms with E-state index in [1.807, 2.05) is 0 Å². The third-order valence-electron chi connectivity index (χ3n) is 2.07. The van der Waals surface area contributed by atoms with E-state index in [0.29, 0.717) is 11.0 Å². The largest absolute Gasteiger partial charge is 0.494 e. The van der Waals surface area contributed by atoms with Gasteiger partial charge in [-0.2, -0.15) is 0 Å². The van der Waals surface area contributed by atoms with E-state index in [-0.39, 0.29) is 5.75 Å². The quantitative estimate of drug-likeness (QED) is 0.790. The number of ether oxygens (including phenoxy) is 1. The van der Waals surface area contributed by atoms with Gasteiger partial charge in [-0.3, -0.25) is 4.79 Å². The van der Waals surface area contributed by atoms with Gasteiger partial charge in [0.05, 0.1) is 12.8 Å². The lowest BCUT2D eigenvalue weighted by atomic mass is 10.2. The fourth-order valence-electron chi connectivity index (χ4n) is 1.18. The van der Waals surface area contributed by atoms with E-state index in [1.54, 1.807) is 0 Å². The molecule has 0 radical (unpaired) electrons. The van der Waals surface area contributed by atoms with Gasteiger partial charge >= 0.3 is 11.9 Å². The van der Waals surface area contributed by atoms with Crippen molar-refractivity contribution in [3.05, 3.63) is 23.8 Å². The Hall–Kier alpha value is -2.18. The van der Waals surface area contributed by atoms with Gasteiger partial charge in [-0.05, 0) is 0 Å². The van der Waals surface area contributed by atoms with Crippen molar-refractivity contribution in [3.63, 3.8) is 0 Å². The highest BCUT2D eigenvalue weighted by Crippen LogP contribution is 2.26. The molecule has 0 heterocycles. The number of benzene rings is 1. The molecule has 92 valence electrons. The monoisotopic (exact) mass is 245 g/mol. The van der Waals surface area contributed by atoms with Crippen molar-refractivity contribution in [2.24, 2.45) is 0 Å². The second-order valence-corrected chi connectivity index (χ2v) is 3.11. The molecule has 5 nitrogen and oxygen atoms in total. The smallest absolute Gasteiger partial charge is 0.394 e. The minimum absolute atomic E-state index is 0.331. The number of methoxy groups -OCH3 is 1. The van der Waals surface area contributed by atoms with Crippen LogP contribution in [0.3, 0.4) is 0 Å². The number of anilines is 1. The van der Waals surface area contributed by atoms with Gasteiger partial charge in [0.2, 0.25) is 0 Å². The molecule has 1 rings (SSSR count). The van der Waals surface area contributed by atoms with Gasteiger partial charge in [-0.25, -0.2) is 13.6 Å². The Labute approximate surface area is 95.2 Å². The Kier molecular flexibility index (Phi) is 3.62. The predicted octanol–water partition coefficient (Wildman–Crippen LogP) is 1.02. The van der Waals surface area contributed by atoms with E-state index in [9.17, 15) is 18.4 Å². The second kappa shape index (κ2) is 4.77. The SMILES string of the molecule is COc1cc(F)c(N(C)C(=O)C(=O)O)cc1F. The first-order valence-corrected chi connectivity index (χ1v) is 4.42. The van der Waals surface area contributed by atoms with Crippen LogP contribution in [0.1, 0.15) is 0 Å². The molecule has 1 N–H and O–H groups in total. The summed E-state index contributed by atoms with van der Waals surface area (Å²) in [7, 11) is 2.18. The lowest BCUT2D eigenvalue weighted by Gasteiger charge is -2.16. The number of carboxylic acid groups (broad SMARTS) is 1. The van der Waals surface area contributed by atoms with Crippen LogP contribution in [-0.2, 0) is 9.59 Å². The Morgan fingerprint density at radius 3 is 2.35 bits per heavy atom. The number of halogens is 2. The van der Waals surface area contributed by atoms with Crippen LogP contribution < -0.4 is 9.64 Å². The standard InChI is InChI=1S/C10H9F2NO4/c1-13(9(14)10(15)16)7-3-6(12)8(17-2)4-5(7)11/h3-4H,1-2H3,(H,15,16). The van der Waals surface area contributed by atoms with Crippen LogP contribution in [-0.4, -0.2) is 31.1 Å². The lowest BCUT2D eigenvalue weighted by Crippen LogP contribution is -2.33. The van der Waals surface area contributed by atoms with Gasteiger partial charge in [0.25, 0.3) is 0 Å². The first-order valence-electron chi connectivity index (χ1n) is 4.42. The highest BCUT2D eigenvalue weighted by Gasteiger charge is 2.23. The Balaban J connectivity index is 3.19. The second-order valence-electron chi connectivity index (χ2n) is 3.11. The summed E-state index contributed by atoms with van der Waals surface area (Å²) in [6.45, 7) is 0. The molecule has 0 aliphatic heterocycles. The molecule has 7 heteroatoms. The van der Waals surface area contributed by atoms with Crippen LogP contribution in [0.25, 0.3) is 0 Å². The molecule has 0 atom stereocenters. The molecule has 17 heavy (non-hydrogen) atoms. The highest BCUT2D eigenvalue weighted by atomic mass is 19.1. The van der Waals surface area contributed by atoms with E-state index >= 15 is 0 Å². The van der Waals surface area contributed by atoms with E-state index in [0.717, 1.165) is 20.2 Å². The zero-order valence-corrected chi connectivity index (χ0v) is 9.03. The Bertz CT molecular complexity index is 476. The molecule has 0 aliphatic carbocycles. The zero-order valence-electron chi connectivity index (χ0n) is 9.03. The number of amides is 1. The zero-order chi connectivity index (χ0) is 13.2. The maximum Gasteiger partial charge on any atom is 0.394 e. The molecule has 0 bridgehead atoms. The lowest BCUT2D eigenvalue weighted by molar-refractivity contribution is -0.148. The van der Waals surface area contributed by atoms with Gasteiger partial charge in [-0.1, -0.05) is 0 Å². The third-order valence-corrected chi connectivity index (χ3v) is 2.07. The topological polar surface area (TPSA) is 66.8 Å². The summed E-state index contributed by atoms with van der Waals surface area (Å²) in [6.07, 6.45) is 0. The van der Waals surface area contributed by atoms with Crippen molar-refractivity contribution < 1.29 is 28.2 Å². The van der Waals surface area contributed by atoms with Crippen molar-refractivity contribution in [3.8, 4) is 5.75 Å². The first-order chi connectivity index (χ1) is 7.88. The maximum atomic E-state index is 13.5. The number of nitrogens with zero attached hydrogens (tertiary/aromatic N) is 1. The van der Waals surface area contributed by atoms with Crippen LogP contribution in [0.4, 0.5) is 14.5 Å². The molecule has 0 saturated heterocycles. The molecule has 0 spiro atoms. The number of rotatable bonds is 2. The van der Waals surface area contributed by atoms with Gasteiger partial charge < -0.3 is 14.7 Å². The molecular formula is C10H9F2NO4. The number of aliphatic carboxylic acids is 1. The summed E-state index contributed by atoms with van der Waals surface area (Å²) < 4.78 is 31.3. The van der Waals surface area contributed by atoms with Crippen LogP contribution in [0.5, 0.6) is 5.75 Å². The number of carboxylic acids is 1. The number of hydrogen-bond donors (Lipinski definition) is 1. The molecule has 0 unspecified atom stereocenters. The molecule has 0 saturated carbocycles. The molecule has 1 aromatic carbocycles. The highest BCUT2D eigenvalue weighted by molar-refractivity contribution is 6.37. The molecule has 0 fully saturated rings. The Morgan fingerprint density at radius 1 is 1.29 bits per heavy atom. The van der Waals surface area contributed by atoms with Crippen LogP contribution in [0, 0.1) is 11.6 Å². The number of likely N-dealkylation sites (N-methyl/N-ethyl adjacent to an activating group) is 1.